The molecule has 0 aliphatic carbocycles. The van der Waals surface area contributed by atoms with E-state index in [1.54, 1.807) is 11.0 Å². The van der Waals surface area contributed by atoms with E-state index in [0.717, 1.165) is 16.5 Å². The van der Waals surface area contributed by atoms with Crippen LogP contribution >= 0.6 is 11.6 Å². The molecule has 0 bridgehead atoms. The van der Waals surface area contributed by atoms with Gasteiger partial charge < -0.3 is 4.90 Å². The number of amides is 1. The van der Waals surface area contributed by atoms with Crippen molar-refractivity contribution in [1.82, 2.24) is 9.88 Å². The summed E-state index contributed by atoms with van der Waals surface area (Å²) in [4.78, 5) is 19.0. The molecule has 0 unspecified atom stereocenters. The van der Waals surface area contributed by atoms with E-state index in [1.165, 1.54) is 0 Å². The number of fused-ring (bicyclic) bond motifs is 1. The summed E-state index contributed by atoms with van der Waals surface area (Å²) in [7, 11) is 0. The van der Waals surface area contributed by atoms with E-state index in [4.69, 9.17) is 11.6 Å². The van der Waals surface area contributed by atoms with Gasteiger partial charge in [0, 0.05) is 23.5 Å². The maximum atomic E-state index is 12.7. The first kappa shape index (κ1) is 15.5. The predicted molar refractivity (Wildman–Crippen MR) is 93.6 cm³/mol. The molecule has 0 saturated heterocycles. The number of halogens is 1. The molecule has 0 saturated carbocycles. The number of carbonyl (C=O) groups is 1. The summed E-state index contributed by atoms with van der Waals surface area (Å²) in [5, 5.41) is 1.71. The van der Waals surface area contributed by atoms with Crippen LogP contribution in [0.15, 0.2) is 60.7 Å². The highest BCUT2D eigenvalue weighted by atomic mass is 35.5. The average Bonchev–Trinajstić information content (AvgIpc) is 2.58. The van der Waals surface area contributed by atoms with Crippen LogP contribution in [0, 0.1) is 0 Å². The third kappa shape index (κ3) is 3.51. The molecule has 3 aromatic rings. The van der Waals surface area contributed by atoms with E-state index < -0.39 is 0 Å². The van der Waals surface area contributed by atoms with Crippen molar-refractivity contribution >= 4 is 28.4 Å². The molecule has 116 valence electrons. The minimum Gasteiger partial charge on any atom is -0.333 e. The first-order valence-corrected chi connectivity index (χ1v) is 7.94. The van der Waals surface area contributed by atoms with Gasteiger partial charge >= 0.3 is 0 Å². The minimum atomic E-state index is -0.0711. The van der Waals surface area contributed by atoms with Crippen LogP contribution in [0.5, 0.6) is 0 Å². The third-order valence-electron chi connectivity index (χ3n) is 3.75. The largest absolute Gasteiger partial charge is 0.333 e. The minimum absolute atomic E-state index is 0.0711. The molecule has 23 heavy (non-hydrogen) atoms. The van der Waals surface area contributed by atoms with Crippen LogP contribution in [0.25, 0.3) is 10.9 Å². The fourth-order valence-corrected chi connectivity index (χ4v) is 2.74. The Morgan fingerprint density at radius 2 is 1.91 bits per heavy atom. The zero-order valence-corrected chi connectivity index (χ0v) is 13.6. The van der Waals surface area contributed by atoms with Gasteiger partial charge in [-0.25, -0.2) is 4.98 Å². The molecule has 0 radical (unpaired) electrons. The van der Waals surface area contributed by atoms with Crippen molar-refractivity contribution in [2.75, 3.05) is 6.54 Å². The lowest BCUT2D eigenvalue weighted by Gasteiger charge is -2.21. The lowest BCUT2D eigenvalue weighted by Crippen LogP contribution is -2.30. The molecule has 0 atom stereocenters. The van der Waals surface area contributed by atoms with Gasteiger partial charge in [-0.3, -0.25) is 4.79 Å². The normalized spacial score (nSPS) is 10.7. The molecule has 1 amide bonds. The molecule has 0 aliphatic heterocycles. The van der Waals surface area contributed by atoms with Gasteiger partial charge in [0.15, 0.2) is 0 Å². The van der Waals surface area contributed by atoms with E-state index in [2.05, 4.69) is 4.98 Å². The van der Waals surface area contributed by atoms with E-state index in [9.17, 15) is 4.79 Å². The van der Waals surface area contributed by atoms with Gasteiger partial charge in [-0.05, 0) is 36.8 Å². The summed E-state index contributed by atoms with van der Waals surface area (Å²) in [6.07, 6.45) is 0. The fraction of sp³-hybridized carbons (Fsp3) is 0.158. The Balaban J connectivity index is 1.86. The molecule has 2 aromatic carbocycles. The van der Waals surface area contributed by atoms with Crippen molar-refractivity contribution in [3.63, 3.8) is 0 Å². The van der Waals surface area contributed by atoms with Crippen molar-refractivity contribution < 1.29 is 4.79 Å². The number of pyridine rings is 1. The Bertz CT molecular complexity index is 847. The summed E-state index contributed by atoms with van der Waals surface area (Å²) in [6, 6.07) is 19.1. The lowest BCUT2D eigenvalue weighted by atomic mass is 10.1. The second-order valence-corrected chi connectivity index (χ2v) is 5.77. The van der Waals surface area contributed by atoms with Crippen LogP contribution in [-0.4, -0.2) is 22.3 Å². The quantitative estimate of drug-likeness (QED) is 0.705. The highest BCUT2D eigenvalue weighted by molar-refractivity contribution is 6.30. The van der Waals surface area contributed by atoms with Gasteiger partial charge in [0.1, 0.15) is 5.69 Å². The predicted octanol–water partition coefficient (Wildman–Crippen LogP) is 4.55. The van der Waals surface area contributed by atoms with E-state index in [-0.39, 0.29) is 5.91 Å². The molecule has 1 aromatic heterocycles. The number of aromatic nitrogens is 1. The molecule has 0 fully saturated rings. The molecule has 3 rings (SSSR count). The number of rotatable bonds is 4. The Morgan fingerprint density at radius 3 is 2.70 bits per heavy atom. The van der Waals surface area contributed by atoms with Crippen molar-refractivity contribution in [2.45, 2.75) is 13.5 Å². The second-order valence-electron chi connectivity index (χ2n) is 5.34. The maximum Gasteiger partial charge on any atom is 0.272 e. The molecule has 4 heteroatoms. The van der Waals surface area contributed by atoms with Crippen molar-refractivity contribution in [2.24, 2.45) is 0 Å². The summed E-state index contributed by atoms with van der Waals surface area (Å²) < 4.78 is 0. The number of nitrogens with zero attached hydrogens (tertiary/aromatic N) is 2. The van der Waals surface area contributed by atoms with Crippen LogP contribution in [0.3, 0.4) is 0 Å². The first-order valence-electron chi connectivity index (χ1n) is 7.57. The lowest BCUT2D eigenvalue weighted by molar-refractivity contribution is 0.0747. The van der Waals surface area contributed by atoms with E-state index >= 15 is 0 Å². The second kappa shape index (κ2) is 6.80. The SMILES string of the molecule is CCN(Cc1cccc(Cl)c1)C(=O)c1ccc2ccccc2n1. The summed E-state index contributed by atoms with van der Waals surface area (Å²) in [5.74, 6) is -0.0711. The fourth-order valence-electron chi connectivity index (χ4n) is 2.53. The van der Waals surface area contributed by atoms with Gasteiger partial charge in [0.05, 0.1) is 5.52 Å². The summed E-state index contributed by atoms with van der Waals surface area (Å²) >= 11 is 6.02. The van der Waals surface area contributed by atoms with Gasteiger partial charge in [-0.2, -0.15) is 0 Å². The Morgan fingerprint density at radius 1 is 1.09 bits per heavy atom. The smallest absolute Gasteiger partial charge is 0.272 e. The van der Waals surface area contributed by atoms with Crippen LogP contribution in [0.4, 0.5) is 0 Å². The highest BCUT2D eigenvalue weighted by Gasteiger charge is 2.16. The third-order valence-corrected chi connectivity index (χ3v) is 3.98. The van der Waals surface area contributed by atoms with Crippen LogP contribution < -0.4 is 0 Å². The van der Waals surface area contributed by atoms with Gasteiger partial charge in [-0.1, -0.05) is 48.0 Å². The molecule has 0 spiro atoms. The number of carbonyl (C=O) groups excluding carboxylic acids is 1. The molecule has 0 aliphatic rings. The number of hydrogen-bond acceptors (Lipinski definition) is 2. The van der Waals surface area contributed by atoms with E-state index in [0.29, 0.717) is 23.8 Å². The van der Waals surface area contributed by atoms with Crippen LogP contribution in [-0.2, 0) is 6.54 Å². The Kier molecular flexibility index (Phi) is 4.58. The topological polar surface area (TPSA) is 33.2 Å². The Labute approximate surface area is 140 Å². The number of benzene rings is 2. The van der Waals surface area contributed by atoms with Gasteiger partial charge in [0.25, 0.3) is 5.91 Å². The number of para-hydroxylation sites is 1. The molecular formula is C19H17ClN2O. The molecule has 1 heterocycles. The van der Waals surface area contributed by atoms with Crippen molar-refractivity contribution in [3.05, 3.63) is 76.9 Å². The van der Waals surface area contributed by atoms with Crippen molar-refractivity contribution in [3.8, 4) is 0 Å². The average molecular weight is 325 g/mol. The molecule has 3 nitrogen and oxygen atoms in total. The molecule has 0 N–H and O–H groups in total. The van der Waals surface area contributed by atoms with Crippen LogP contribution in [0.2, 0.25) is 5.02 Å². The van der Waals surface area contributed by atoms with Gasteiger partial charge in [-0.15, -0.1) is 0 Å². The standard InChI is InChI=1S/C19H17ClN2O/c1-2-22(13-14-6-5-8-16(20)12-14)19(23)18-11-10-15-7-3-4-9-17(15)21-18/h3-12H,2,13H2,1H3. The Hall–Kier alpha value is -2.39. The highest BCUT2D eigenvalue weighted by Crippen LogP contribution is 2.16. The monoisotopic (exact) mass is 324 g/mol. The first-order chi connectivity index (χ1) is 11.2. The van der Waals surface area contributed by atoms with Gasteiger partial charge in [0.2, 0.25) is 0 Å². The zero-order chi connectivity index (χ0) is 16.2. The zero-order valence-electron chi connectivity index (χ0n) is 12.9. The van der Waals surface area contributed by atoms with Crippen molar-refractivity contribution in [1.29, 1.82) is 0 Å². The number of hydrogen-bond donors (Lipinski definition) is 0. The maximum absolute atomic E-state index is 12.7. The van der Waals surface area contributed by atoms with Crippen LogP contribution in [0.1, 0.15) is 23.0 Å². The van der Waals surface area contributed by atoms with E-state index in [1.807, 2.05) is 61.5 Å². The molecular weight excluding hydrogens is 308 g/mol. The summed E-state index contributed by atoms with van der Waals surface area (Å²) in [6.45, 7) is 3.09. The summed E-state index contributed by atoms with van der Waals surface area (Å²) in [5.41, 5.74) is 2.30.